The van der Waals surface area contributed by atoms with Crippen LogP contribution in [0.2, 0.25) is 0 Å². The van der Waals surface area contributed by atoms with Crippen molar-refractivity contribution in [1.82, 2.24) is 9.80 Å². The Labute approximate surface area is 197 Å². The number of benzene rings is 2. The second-order valence-corrected chi connectivity index (χ2v) is 9.82. The van der Waals surface area contributed by atoms with Crippen molar-refractivity contribution in [2.45, 2.75) is 70.0 Å². The number of piperazine rings is 1. The van der Waals surface area contributed by atoms with Crippen molar-refractivity contribution >= 4 is 0 Å². The molecule has 2 aromatic carbocycles. The van der Waals surface area contributed by atoms with Crippen molar-refractivity contribution in [3.8, 4) is 17.2 Å². The van der Waals surface area contributed by atoms with Crippen LogP contribution in [-0.4, -0.2) is 57.0 Å². The SMILES string of the molecule is CCCCCCC1c2ccc(O)c(O)c2CCC1(N)N1CCN(Cc2ccc(O)cc2)CC1. The van der Waals surface area contributed by atoms with E-state index in [0.717, 1.165) is 63.1 Å². The molecule has 180 valence electrons. The first-order chi connectivity index (χ1) is 15.9. The van der Waals surface area contributed by atoms with Crippen molar-refractivity contribution in [3.63, 3.8) is 0 Å². The zero-order chi connectivity index (χ0) is 23.4. The molecule has 33 heavy (non-hydrogen) atoms. The van der Waals surface area contributed by atoms with Crippen molar-refractivity contribution in [1.29, 1.82) is 0 Å². The molecule has 0 spiro atoms. The zero-order valence-corrected chi connectivity index (χ0v) is 19.8. The van der Waals surface area contributed by atoms with Crippen molar-refractivity contribution in [3.05, 3.63) is 53.1 Å². The molecule has 6 heteroatoms. The number of rotatable bonds is 8. The van der Waals surface area contributed by atoms with E-state index >= 15 is 0 Å². The van der Waals surface area contributed by atoms with E-state index in [9.17, 15) is 15.3 Å². The first kappa shape index (κ1) is 23.9. The first-order valence-electron chi connectivity index (χ1n) is 12.5. The second-order valence-electron chi connectivity index (χ2n) is 9.82. The second kappa shape index (κ2) is 10.3. The Hall–Kier alpha value is -2.28. The van der Waals surface area contributed by atoms with Gasteiger partial charge in [0.15, 0.2) is 11.5 Å². The molecule has 6 nitrogen and oxygen atoms in total. The lowest BCUT2D eigenvalue weighted by molar-refractivity contribution is 0.00215. The van der Waals surface area contributed by atoms with Gasteiger partial charge in [-0.2, -0.15) is 0 Å². The van der Waals surface area contributed by atoms with Crippen LogP contribution in [0.15, 0.2) is 36.4 Å². The van der Waals surface area contributed by atoms with Gasteiger partial charge in [-0.25, -0.2) is 0 Å². The fraction of sp³-hybridized carbons (Fsp3) is 0.556. The molecule has 1 aliphatic carbocycles. The smallest absolute Gasteiger partial charge is 0.160 e. The zero-order valence-electron chi connectivity index (χ0n) is 19.8. The number of nitrogens with zero attached hydrogens (tertiary/aromatic N) is 2. The Balaban J connectivity index is 1.48. The summed E-state index contributed by atoms with van der Waals surface area (Å²) in [6.07, 6.45) is 7.23. The van der Waals surface area contributed by atoms with Gasteiger partial charge in [0.05, 0.1) is 5.66 Å². The molecule has 2 aromatic rings. The summed E-state index contributed by atoms with van der Waals surface area (Å²) in [5.74, 6) is 0.446. The van der Waals surface area contributed by atoms with Crippen LogP contribution in [0.3, 0.4) is 0 Å². The third-order valence-electron chi connectivity index (χ3n) is 7.70. The van der Waals surface area contributed by atoms with Gasteiger partial charge in [-0.15, -0.1) is 0 Å². The molecule has 5 N–H and O–H groups in total. The van der Waals surface area contributed by atoms with Gasteiger partial charge >= 0.3 is 0 Å². The summed E-state index contributed by atoms with van der Waals surface area (Å²) in [4.78, 5) is 4.92. The van der Waals surface area contributed by atoms with Gasteiger partial charge < -0.3 is 21.1 Å². The highest BCUT2D eigenvalue weighted by Crippen LogP contribution is 2.47. The quantitative estimate of drug-likeness (QED) is 0.352. The Bertz CT molecular complexity index is 925. The summed E-state index contributed by atoms with van der Waals surface area (Å²) in [6.45, 7) is 6.84. The number of unbranched alkanes of at least 4 members (excludes halogenated alkanes) is 3. The summed E-state index contributed by atoms with van der Waals surface area (Å²) in [6, 6.07) is 11.1. The lowest BCUT2D eigenvalue weighted by Gasteiger charge is -2.52. The minimum Gasteiger partial charge on any atom is -0.508 e. The highest BCUT2D eigenvalue weighted by Gasteiger charge is 2.45. The van der Waals surface area contributed by atoms with E-state index < -0.39 is 5.66 Å². The fourth-order valence-electron chi connectivity index (χ4n) is 5.74. The molecule has 0 saturated carbocycles. The maximum absolute atomic E-state index is 10.5. The minimum absolute atomic E-state index is 0.0341. The molecule has 1 heterocycles. The van der Waals surface area contributed by atoms with Crippen molar-refractivity contribution in [2.75, 3.05) is 26.2 Å². The molecular formula is C27H39N3O3. The number of fused-ring (bicyclic) bond motifs is 1. The average Bonchev–Trinajstić information content (AvgIpc) is 2.82. The topological polar surface area (TPSA) is 93.2 Å². The molecule has 2 aliphatic rings. The van der Waals surface area contributed by atoms with Crippen LogP contribution in [0.4, 0.5) is 0 Å². The predicted octanol–water partition coefficient (Wildman–Crippen LogP) is 4.28. The largest absolute Gasteiger partial charge is 0.508 e. The molecule has 2 unspecified atom stereocenters. The highest BCUT2D eigenvalue weighted by molar-refractivity contribution is 5.52. The van der Waals surface area contributed by atoms with Crippen LogP contribution < -0.4 is 5.73 Å². The third-order valence-corrected chi connectivity index (χ3v) is 7.70. The first-order valence-corrected chi connectivity index (χ1v) is 12.5. The maximum Gasteiger partial charge on any atom is 0.160 e. The predicted molar refractivity (Wildman–Crippen MR) is 131 cm³/mol. The third kappa shape index (κ3) is 5.13. The molecule has 1 fully saturated rings. The number of hydrogen-bond acceptors (Lipinski definition) is 6. The average molecular weight is 454 g/mol. The van der Waals surface area contributed by atoms with Crippen molar-refractivity contribution in [2.24, 2.45) is 5.73 Å². The van der Waals surface area contributed by atoms with Gasteiger partial charge in [0, 0.05) is 44.2 Å². The van der Waals surface area contributed by atoms with E-state index in [1.807, 2.05) is 18.2 Å². The number of nitrogens with two attached hydrogens (primary N) is 1. The molecule has 0 bridgehead atoms. The normalized spacial score (nSPS) is 24.0. The molecule has 4 rings (SSSR count). The maximum atomic E-state index is 10.5. The van der Waals surface area contributed by atoms with E-state index in [4.69, 9.17) is 5.73 Å². The fourth-order valence-corrected chi connectivity index (χ4v) is 5.74. The molecule has 2 atom stereocenters. The summed E-state index contributed by atoms with van der Waals surface area (Å²) in [5.41, 5.74) is 10.0. The number of phenols is 3. The monoisotopic (exact) mass is 453 g/mol. The summed E-state index contributed by atoms with van der Waals surface area (Å²) in [5, 5.41) is 30.1. The summed E-state index contributed by atoms with van der Waals surface area (Å²) >= 11 is 0. The van der Waals surface area contributed by atoms with Crippen LogP contribution >= 0.6 is 0 Å². The molecular weight excluding hydrogens is 414 g/mol. The van der Waals surface area contributed by atoms with Gasteiger partial charge in [0.2, 0.25) is 0 Å². The Morgan fingerprint density at radius 1 is 0.939 bits per heavy atom. The van der Waals surface area contributed by atoms with Crippen LogP contribution in [-0.2, 0) is 13.0 Å². The highest BCUT2D eigenvalue weighted by atomic mass is 16.3. The Morgan fingerprint density at radius 3 is 2.36 bits per heavy atom. The van der Waals surface area contributed by atoms with Crippen molar-refractivity contribution < 1.29 is 15.3 Å². The van der Waals surface area contributed by atoms with Gasteiger partial charge in [-0.05, 0) is 48.6 Å². The van der Waals surface area contributed by atoms with Crippen LogP contribution in [0.1, 0.15) is 68.1 Å². The van der Waals surface area contributed by atoms with Crippen LogP contribution in [0.5, 0.6) is 17.2 Å². The number of aromatic hydroxyl groups is 3. The van der Waals surface area contributed by atoms with Gasteiger partial charge in [0.25, 0.3) is 0 Å². The summed E-state index contributed by atoms with van der Waals surface area (Å²) in [7, 11) is 0. The Kier molecular flexibility index (Phi) is 7.47. The number of hydrogen-bond donors (Lipinski definition) is 4. The summed E-state index contributed by atoms with van der Waals surface area (Å²) < 4.78 is 0. The van der Waals surface area contributed by atoms with Gasteiger partial charge in [-0.3, -0.25) is 9.80 Å². The minimum atomic E-state index is -0.437. The van der Waals surface area contributed by atoms with E-state index in [1.165, 1.54) is 24.8 Å². The van der Waals surface area contributed by atoms with Gasteiger partial charge in [0.1, 0.15) is 5.75 Å². The lowest BCUT2D eigenvalue weighted by Crippen LogP contribution is -2.65. The van der Waals surface area contributed by atoms with Crippen LogP contribution in [0.25, 0.3) is 0 Å². The molecule has 0 amide bonds. The standard InChI is InChI=1S/C27H39N3O3/c1-2-3-4-5-6-24-22-11-12-25(32)26(33)23(22)13-14-27(24,28)30-17-15-29(16-18-30)19-20-7-9-21(31)10-8-20/h7-12,24,31-33H,2-6,13-19,28H2,1H3. The molecule has 0 radical (unpaired) electrons. The van der Waals surface area contributed by atoms with E-state index in [0.29, 0.717) is 12.2 Å². The number of phenolic OH excluding ortho intramolecular Hbond substituents is 3. The van der Waals surface area contributed by atoms with Crippen LogP contribution in [0, 0.1) is 0 Å². The molecule has 1 saturated heterocycles. The molecule has 0 aromatic heterocycles. The molecule has 1 aliphatic heterocycles. The van der Waals surface area contributed by atoms with E-state index in [2.05, 4.69) is 16.7 Å². The van der Waals surface area contributed by atoms with Gasteiger partial charge in [-0.1, -0.05) is 50.8 Å². The Morgan fingerprint density at radius 2 is 1.67 bits per heavy atom. The van der Waals surface area contributed by atoms with E-state index in [-0.39, 0.29) is 17.4 Å². The van der Waals surface area contributed by atoms with E-state index in [1.54, 1.807) is 18.2 Å². The lowest BCUT2D eigenvalue weighted by atomic mass is 9.71.